The molecule has 0 amide bonds. The number of nitrogens with one attached hydrogen (secondary N) is 2. The van der Waals surface area contributed by atoms with Gasteiger partial charge in [0.25, 0.3) is 0 Å². The summed E-state index contributed by atoms with van der Waals surface area (Å²) in [5, 5.41) is 7.49. The molecule has 1 fully saturated rings. The van der Waals surface area contributed by atoms with Crippen molar-refractivity contribution in [3.8, 4) is 11.3 Å². The van der Waals surface area contributed by atoms with Gasteiger partial charge in [-0.05, 0) is 32.4 Å². The Labute approximate surface area is 187 Å². The number of benzene rings is 1. The number of aromatic nitrogens is 2. The second-order valence-electron chi connectivity index (χ2n) is 7.56. The fourth-order valence-corrected chi connectivity index (χ4v) is 3.82. The first-order valence-corrected chi connectivity index (χ1v) is 10.9. The Balaban J connectivity index is 1.38. The lowest BCUT2D eigenvalue weighted by Crippen LogP contribution is -2.44. The lowest BCUT2D eigenvalue weighted by atomic mass is 10.1. The van der Waals surface area contributed by atoms with Crippen molar-refractivity contribution >= 4 is 23.4 Å². The third kappa shape index (κ3) is 5.35. The summed E-state index contributed by atoms with van der Waals surface area (Å²) in [6, 6.07) is 12.2. The highest BCUT2D eigenvalue weighted by atomic mass is 35.5. The molecular weight excluding hydrogens is 412 g/mol. The molecule has 4 rings (SSSR count). The van der Waals surface area contributed by atoms with Gasteiger partial charge in [0, 0.05) is 37.4 Å². The maximum atomic E-state index is 6.30. The predicted octanol–water partition coefficient (Wildman–Crippen LogP) is 4.03. The first-order chi connectivity index (χ1) is 15.1. The van der Waals surface area contributed by atoms with Gasteiger partial charge in [-0.3, -0.25) is 0 Å². The van der Waals surface area contributed by atoms with Crippen LogP contribution in [-0.2, 0) is 6.54 Å². The largest absolute Gasteiger partial charge is 0.439 e. The van der Waals surface area contributed by atoms with Crippen LogP contribution in [0.5, 0.6) is 0 Å². The summed E-state index contributed by atoms with van der Waals surface area (Å²) >= 11 is 6.30. The van der Waals surface area contributed by atoms with Gasteiger partial charge in [-0.15, -0.1) is 0 Å². The molecule has 0 radical (unpaired) electrons. The number of oxazole rings is 1. The summed E-state index contributed by atoms with van der Waals surface area (Å²) in [4.78, 5) is 15.7. The summed E-state index contributed by atoms with van der Waals surface area (Å²) in [6.07, 6.45) is 4.50. The highest BCUT2D eigenvalue weighted by molar-refractivity contribution is 6.32. The molecule has 1 aliphatic rings. The molecule has 2 aromatic heterocycles. The number of aryl methyl sites for hydroxylation is 1. The SMILES string of the molecule is CCNC(=NCc1ncc(-c2ccc(C)cc2)o1)NC1CCN(c2ncccc2Cl)C1. The number of aliphatic imine (C=N–C) groups is 1. The second kappa shape index (κ2) is 9.83. The van der Waals surface area contributed by atoms with Gasteiger partial charge in [0.2, 0.25) is 5.89 Å². The van der Waals surface area contributed by atoms with Crippen LogP contribution in [0.4, 0.5) is 5.82 Å². The van der Waals surface area contributed by atoms with E-state index in [9.17, 15) is 0 Å². The number of hydrogen-bond acceptors (Lipinski definition) is 5. The molecule has 1 aromatic carbocycles. The zero-order valence-electron chi connectivity index (χ0n) is 17.8. The molecule has 8 heteroatoms. The van der Waals surface area contributed by atoms with Gasteiger partial charge in [0.1, 0.15) is 12.4 Å². The number of guanidine groups is 1. The molecule has 31 heavy (non-hydrogen) atoms. The molecular formula is C23H27ClN6O. The van der Waals surface area contributed by atoms with Crippen molar-refractivity contribution < 1.29 is 4.42 Å². The molecule has 1 saturated heterocycles. The van der Waals surface area contributed by atoms with E-state index in [1.165, 1.54) is 5.56 Å². The normalized spacial score (nSPS) is 16.5. The minimum atomic E-state index is 0.253. The van der Waals surface area contributed by atoms with Gasteiger partial charge in [0.05, 0.1) is 11.2 Å². The maximum absolute atomic E-state index is 6.30. The highest BCUT2D eigenvalue weighted by Gasteiger charge is 2.25. The summed E-state index contributed by atoms with van der Waals surface area (Å²) in [7, 11) is 0. The van der Waals surface area contributed by atoms with Crippen LogP contribution in [-0.4, -0.2) is 41.6 Å². The van der Waals surface area contributed by atoms with E-state index in [1.807, 2.05) is 31.2 Å². The van der Waals surface area contributed by atoms with Crippen molar-refractivity contribution in [2.45, 2.75) is 32.9 Å². The molecule has 7 nitrogen and oxygen atoms in total. The van der Waals surface area contributed by atoms with E-state index in [-0.39, 0.29) is 6.04 Å². The molecule has 0 aliphatic carbocycles. The first-order valence-electron chi connectivity index (χ1n) is 10.5. The molecule has 1 aliphatic heterocycles. The average molecular weight is 439 g/mol. The molecule has 3 heterocycles. The van der Waals surface area contributed by atoms with Crippen molar-refractivity contribution in [3.63, 3.8) is 0 Å². The third-order valence-corrected chi connectivity index (χ3v) is 5.47. The Bertz CT molecular complexity index is 1030. The van der Waals surface area contributed by atoms with Crippen LogP contribution in [0.3, 0.4) is 0 Å². The number of halogens is 1. The number of hydrogen-bond donors (Lipinski definition) is 2. The summed E-state index contributed by atoms with van der Waals surface area (Å²) in [6.45, 7) is 6.96. The minimum Gasteiger partial charge on any atom is -0.439 e. The number of nitrogens with zero attached hydrogens (tertiary/aromatic N) is 4. The Morgan fingerprint density at radius 1 is 1.26 bits per heavy atom. The fraction of sp³-hybridized carbons (Fsp3) is 0.348. The quantitative estimate of drug-likeness (QED) is 0.447. The Morgan fingerprint density at radius 2 is 2.10 bits per heavy atom. The molecule has 162 valence electrons. The van der Waals surface area contributed by atoms with Gasteiger partial charge >= 0.3 is 0 Å². The van der Waals surface area contributed by atoms with Crippen LogP contribution in [0.2, 0.25) is 5.02 Å². The molecule has 1 atom stereocenters. The average Bonchev–Trinajstić information content (AvgIpc) is 3.43. The molecule has 3 aromatic rings. The molecule has 0 bridgehead atoms. The van der Waals surface area contributed by atoms with Gasteiger partial charge in [-0.2, -0.15) is 0 Å². The molecule has 0 spiro atoms. The van der Waals surface area contributed by atoms with Crippen molar-refractivity contribution in [1.29, 1.82) is 0 Å². The lowest BCUT2D eigenvalue weighted by molar-refractivity contribution is 0.508. The van der Waals surface area contributed by atoms with Crippen molar-refractivity contribution in [3.05, 3.63) is 65.3 Å². The first kappa shape index (κ1) is 21.2. The van der Waals surface area contributed by atoms with E-state index < -0.39 is 0 Å². The zero-order chi connectivity index (χ0) is 21.6. The molecule has 0 saturated carbocycles. The Hall–Kier alpha value is -3.06. The summed E-state index contributed by atoms with van der Waals surface area (Å²) in [5.74, 6) is 2.92. The van der Waals surface area contributed by atoms with E-state index in [0.29, 0.717) is 17.5 Å². The van der Waals surface area contributed by atoms with Crippen molar-refractivity contribution in [2.24, 2.45) is 4.99 Å². The van der Waals surface area contributed by atoms with Crippen molar-refractivity contribution in [1.82, 2.24) is 20.6 Å². The fourth-order valence-electron chi connectivity index (χ4n) is 3.58. The third-order valence-electron chi connectivity index (χ3n) is 5.17. The van der Waals surface area contributed by atoms with Crippen LogP contribution in [0.15, 0.2) is 58.2 Å². The van der Waals surface area contributed by atoms with Crippen molar-refractivity contribution in [2.75, 3.05) is 24.5 Å². The second-order valence-corrected chi connectivity index (χ2v) is 7.97. The number of anilines is 1. The topological polar surface area (TPSA) is 78.6 Å². The van der Waals surface area contributed by atoms with Gasteiger partial charge < -0.3 is 20.0 Å². The Morgan fingerprint density at radius 3 is 2.87 bits per heavy atom. The summed E-state index contributed by atoms with van der Waals surface area (Å²) < 4.78 is 5.89. The van der Waals surface area contributed by atoms with E-state index in [0.717, 1.165) is 49.2 Å². The molecule has 1 unspecified atom stereocenters. The van der Waals surface area contributed by atoms with E-state index >= 15 is 0 Å². The lowest BCUT2D eigenvalue weighted by Gasteiger charge is -2.20. The van der Waals surface area contributed by atoms with Crippen LogP contribution in [0, 0.1) is 6.92 Å². The van der Waals surface area contributed by atoms with Crippen LogP contribution in [0.25, 0.3) is 11.3 Å². The van der Waals surface area contributed by atoms with Crippen LogP contribution < -0.4 is 15.5 Å². The molecule has 2 N–H and O–H groups in total. The Kier molecular flexibility index (Phi) is 6.72. The highest BCUT2D eigenvalue weighted by Crippen LogP contribution is 2.26. The number of rotatable bonds is 6. The smallest absolute Gasteiger partial charge is 0.216 e. The number of pyridine rings is 1. The van der Waals surface area contributed by atoms with Crippen LogP contribution in [0.1, 0.15) is 24.8 Å². The summed E-state index contributed by atoms with van der Waals surface area (Å²) in [5.41, 5.74) is 2.22. The van der Waals surface area contributed by atoms with E-state index in [2.05, 4.69) is 49.6 Å². The van der Waals surface area contributed by atoms with E-state index in [4.69, 9.17) is 16.0 Å². The minimum absolute atomic E-state index is 0.253. The van der Waals surface area contributed by atoms with Gasteiger partial charge in [0.15, 0.2) is 11.7 Å². The predicted molar refractivity (Wildman–Crippen MR) is 124 cm³/mol. The van der Waals surface area contributed by atoms with Gasteiger partial charge in [-0.1, -0.05) is 41.4 Å². The zero-order valence-corrected chi connectivity index (χ0v) is 18.6. The maximum Gasteiger partial charge on any atom is 0.216 e. The monoisotopic (exact) mass is 438 g/mol. The van der Waals surface area contributed by atoms with Crippen LogP contribution >= 0.6 is 11.6 Å². The van der Waals surface area contributed by atoms with Gasteiger partial charge in [-0.25, -0.2) is 15.0 Å². The van der Waals surface area contributed by atoms with E-state index in [1.54, 1.807) is 12.4 Å². The standard InChI is InChI=1S/C23H27ClN6O/c1-3-25-23(29-18-10-12-30(15-18)22-19(24)5-4-11-26-22)28-14-21-27-13-20(31-21)17-8-6-16(2)7-9-17/h4-9,11,13,18H,3,10,12,14-15H2,1-2H3,(H2,25,28,29).